The van der Waals surface area contributed by atoms with Crippen LogP contribution in [0.4, 0.5) is 13.2 Å². The van der Waals surface area contributed by atoms with Crippen molar-refractivity contribution in [3.8, 4) is 5.75 Å². The molecule has 6 rings (SSSR count). The molecule has 1 fully saturated rings. The molecule has 0 bridgehead atoms. The number of benzene rings is 2. The predicted molar refractivity (Wildman–Crippen MR) is 129 cm³/mol. The molecule has 0 radical (unpaired) electrons. The van der Waals surface area contributed by atoms with Crippen molar-refractivity contribution in [1.82, 2.24) is 9.58 Å². The van der Waals surface area contributed by atoms with Crippen LogP contribution >= 0.6 is 23.4 Å². The van der Waals surface area contributed by atoms with Crippen molar-refractivity contribution in [1.29, 1.82) is 0 Å². The minimum absolute atomic E-state index is 0.248. The second kappa shape index (κ2) is 7.94. The largest absolute Gasteiger partial charge is 0.502 e. The number of carbonyl (C=O) groups is 1. The molecule has 1 amide bonds. The van der Waals surface area contributed by atoms with Crippen molar-refractivity contribution in [3.63, 3.8) is 0 Å². The van der Waals surface area contributed by atoms with E-state index in [1.807, 2.05) is 36.4 Å². The number of aromatic nitrogens is 1. The summed E-state index contributed by atoms with van der Waals surface area (Å²) in [5.74, 6) is -1.33. The first kappa shape index (κ1) is 23.3. The van der Waals surface area contributed by atoms with E-state index in [9.17, 15) is 27.9 Å². The second-order valence-corrected chi connectivity index (χ2v) is 10.5. The average molecular weight is 534 g/mol. The van der Waals surface area contributed by atoms with Gasteiger partial charge < -0.3 is 10.0 Å². The number of hydrogen-bond acceptors (Lipinski definition) is 5. The maximum Gasteiger partial charge on any atom is 0.411 e. The van der Waals surface area contributed by atoms with Crippen LogP contribution in [0, 0.1) is 0 Å². The van der Waals surface area contributed by atoms with Crippen LogP contribution in [-0.4, -0.2) is 39.0 Å². The molecule has 11 heteroatoms. The quantitative estimate of drug-likeness (QED) is 0.499. The Morgan fingerprint density at radius 1 is 1.06 bits per heavy atom. The molecule has 1 atom stereocenters. The maximum atomic E-state index is 14.2. The van der Waals surface area contributed by atoms with Crippen LogP contribution < -0.4 is 10.4 Å². The molecule has 3 heterocycles. The summed E-state index contributed by atoms with van der Waals surface area (Å²) in [5, 5.41) is 12.6. The number of thioether (sulfide) groups is 1. The van der Waals surface area contributed by atoms with Gasteiger partial charge in [0, 0.05) is 33.5 Å². The zero-order valence-corrected chi connectivity index (χ0v) is 20.2. The molecule has 3 aliphatic rings. The summed E-state index contributed by atoms with van der Waals surface area (Å²) in [6.07, 6.45) is -3.85. The van der Waals surface area contributed by atoms with Crippen LogP contribution in [-0.2, 0) is 5.75 Å². The summed E-state index contributed by atoms with van der Waals surface area (Å²) in [6.45, 7) is -0.415. The number of pyridine rings is 1. The summed E-state index contributed by atoms with van der Waals surface area (Å²) in [4.78, 5) is 27.4. The summed E-state index contributed by atoms with van der Waals surface area (Å²) < 4.78 is 44.0. The predicted octanol–water partition coefficient (Wildman–Crippen LogP) is 5.05. The van der Waals surface area contributed by atoms with E-state index in [0.29, 0.717) is 16.3 Å². The van der Waals surface area contributed by atoms with Gasteiger partial charge >= 0.3 is 6.18 Å². The SMILES string of the molecule is O=C1c2c(O)c(=O)ccn2N(C2c3ccccc3SCc3cccc(Cl)c32)CN1C1(C(F)(F)F)CC1. The lowest BCUT2D eigenvalue weighted by atomic mass is 9.94. The third kappa shape index (κ3) is 3.27. The van der Waals surface area contributed by atoms with Crippen molar-refractivity contribution in [2.45, 2.75) is 41.2 Å². The minimum atomic E-state index is -4.67. The van der Waals surface area contributed by atoms with Crippen LogP contribution in [0.15, 0.2) is 64.4 Å². The van der Waals surface area contributed by atoms with Crippen LogP contribution in [0.1, 0.15) is 46.1 Å². The molecule has 186 valence electrons. The molecule has 1 aliphatic carbocycles. The Morgan fingerprint density at radius 3 is 2.53 bits per heavy atom. The Hall–Kier alpha value is -3.11. The molecule has 1 saturated carbocycles. The normalized spacial score (nSPS) is 20.3. The van der Waals surface area contributed by atoms with Crippen LogP contribution in [0.3, 0.4) is 0 Å². The maximum absolute atomic E-state index is 14.2. The van der Waals surface area contributed by atoms with Crippen molar-refractivity contribution in [3.05, 3.63) is 92.4 Å². The van der Waals surface area contributed by atoms with Crippen LogP contribution in [0.5, 0.6) is 5.75 Å². The van der Waals surface area contributed by atoms with E-state index in [2.05, 4.69) is 0 Å². The number of hydrogen-bond donors (Lipinski definition) is 1. The molecule has 1 unspecified atom stereocenters. The molecule has 0 spiro atoms. The van der Waals surface area contributed by atoms with Crippen LogP contribution in [0.2, 0.25) is 5.02 Å². The standard InChI is InChI=1S/C25H19ClF3N3O3S/c26-16-6-3-4-14-12-36-18-7-2-1-5-15(18)20(19(14)16)32-13-30(24(9-10-24)25(27,28)29)23(35)21-22(34)17(33)8-11-31(21)32/h1-8,11,20,34H,9-10,12-13H2. The van der Waals surface area contributed by atoms with Crippen molar-refractivity contribution in [2.24, 2.45) is 0 Å². The van der Waals surface area contributed by atoms with Gasteiger partial charge in [-0.15, -0.1) is 11.8 Å². The van der Waals surface area contributed by atoms with Gasteiger partial charge in [-0.2, -0.15) is 13.2 Å². The molecular formula is C25H19ClF3N3O3S. The number of alkyl halides is 3. The first-order valence-electron chi connectivity index (χ1n) is 11.2. The Balaban J connectivity index is 1.63. The van der Waals surface area contributed by atoms with Gasteiger partial charge in [0.1, 0.15) is 18.2 Å². The Morgan fingerprint density at radius 2 is 1.81 bits per heavy atom. The summed E-state index contributed by atoms with van der Waals surface area (Å²) in [7, 11) is 0. The van der Waals surface area contributed by atoms with Crippen molar-refractivity contribution < 1.29 is 23.1 Å². The second-order valence-electron chi connectivity index (χ2n) is 9.11. The molecule has 3 aromatic rings. The highest BCUT2D eigenvalue weighted by molar-refractivity contribution is 7.98. The lowest BCUT2D eigenvalue weighted by Gasteiger charge is -2.47. The van der Waals surface area contributed by atoms with E-state index in [4.69, 9.17) is 11.6 Å². The van der Waals surface area contributed by atoms with Crippen molar-refractivity contribution in [2.75, 3.05) is 11.7 Å². The number of rotatable bonds is 2. The van der Waals surface area contributed by atoms with Gasteiger partial charge in [0.2, 0.25) is 5.43 Å². The first-order chi connectivity index (χ1) is 17.1. The van der Waals surface area contributed by atoms with E-state index < -0.39 is 47.2 Å². The van der Waals surface area contributed by atoms with E-state index >= 15 is 0 Å². The lowest BCUT2D eigenvalue weighted by molar-refractivity contribution is -0.190. The monoisotopic (exact) mass is 533 g/mol. The zero-order chi connectivity index (χ0) is 25.4. The first-order valence-corrected chi connectivity index (χ1v) is 12.6. The van der Waals surface area contributed by atoms with Crippen molar-refractivity contribution >= 4 is 29.3 Å². The molecule has 6 nitrogen and oxygen atoms in total. The van der Waals surface area contributed by atoms with E-state index in [1.165, 1.54) is 10.9 Å². The van der Waals surface area contributed by atoms with Gasteiger partial charge in [-0.05, 0) is 36.1 Å². The molecular weight excluding hydrogens is 515 g/mol. The Labute approximate surface area is 212 Å². The fourth-order valence-electron chi connectivity index (χ4n) is 5.17. The summed E-state index contributed by atoms with van der Waals surface area (Å²) in [6, 6.07) is 13.4. The highest BCUT2D eigenvalue weighted by Gasteiger charge is 2.69. The number of amides is 1. The molecule has 2 aromatic carbocycles. The number of nitrogens with zero attached hydrogens (tertiary/aromatic N) is 3. The van der Waals surface area contributed by atoms with Gasteiger partial charge in [-0.25, -0.2) is 0 Å². The Kier molecular flexibility index (Phi) is 5.14. The lowest BCUT2D eigenvalue weighted by Crippen LogP contribution is -2.62. The Bertz CT molecular complexity index is 1470. The van der Waals surface area contributed by atoms with Gasteiger partial charge in [0.25, 0.3) is 5.91 Å². The number of carbonyl (C=O) groups excluding carboxylic acids is 1. The molecule has 0 saturated heterocycles. The fraction of sp³-hybridized carbons (Fsp3) is 0.280. The fourth-order valence-corrected chi connectivity index (χ4v) is 6.55. The number of aromatic hydroxyl groups is 1. The van der Waals surface area contributed by atoms with Gasteiger partial charge in [0.05, 0.1) is 0 Å². The van der Waals surface area contributed by atoms with Gasteiger partial charge in [-0.1, -0.05) is 41.9 Å². The van der Waals surface area contributed by atoms with Gasteiger partial charge in [0.15, 0.2) is 11.4 Å². The van der Waals surface area contributed by atoms with E-state index in [-0.39, 0.29) is 12.8 Å². The van der Waals surface area contributed by atoms with E-state index in [0.717, 1.165) is 27.0 Å². The number of fused-ring (bicyclic) bond motifs is 3. The van der Waals surface area contributed by atoms with Crippen LogP contribution in [0.25, 0.3) is 0 Å². The number of halogens is 4. The summed E-state index contributed by atoms with van der Waals surface area (Å²) >= 11 is 8.30. The van der Waals surface area contributed by atoms with E-state index in [1.54, 1.807) is 22.8 Å². The summed E-state index contributed by atoms with van der Waals surface area (Å²) in [5.41, 5.74) is -1.29. The molecule has 1 N–H and O–H groups in total. The highest BCUT2D eigenvalue weighted by Crippen LogP contribution is 2.55. The molecule has 2 aliphatic heterocycles. The topological polar surface area (TPSA) is 65.8 Å². The zero-order valence-electron chi connectivity index (χ0n) is 18.6. The third-order valence-corrected chi connectivity index (χ3v) is 8.61. The third-order valence-electron chi connectivity index (χ3n) is 7.14. The smallest absolute Gasteiger partial charge is 0.411 e. The van der Waals surface area contributed by atoms with Gasteiger partial charge in [-0.3, -0.25) is 19.3 Å². The minimum Gasteiger partial charge on any atom is -0.502 e. The molecule has 1 aromatic heterocycles. The highest BCUT2D eigenvalue weighted by atomic mass is 35.5. The average Bonchev–Trinajstić information content (AvgIpc) is 3.66. The molecule has 36 heavy (non-hydrogen) atoms.